The fourth-order valence-corrected chi connectivity index (χ4v) is 2.58. The third-order valence-corrected chi connectivity index (χ3v) is 3.45. The summed E-state index contributed by atoms with van der Waals surface area (Å²) in [4.78, 5) is 10.7. The van der Waals surface area contributed by atoms with Crippen LogP contribution in [0.15, 0.2) is 57.6 Å². The minimum Gasteiger partial charge on any atom is -0.453 e. The minimum atomic E-state index is 0.352. The van der Waals surface area contributed by atoms with Gasteiger partial charge in [-0.25, -0.2) is 0 Å². The molecular formula is C15H10O2S. The second-order valence-corrected chi connectivity index (χ2v) is 4.66. The van der Waals surface area contributed by atoms with E-state index in [1.807, 2.05) is 29.6 Å². The molecule has 0 N–H and O–H groups in total. The number of hydrogen-bond donors (Lipinski definition) is 0. The summed E-state index contributed by atoms with van der Waals surface area (Å²) in [6.07, 6.45) is 0.719. The third kappa shape index (κ3) is 1.89. The summed E-state index contributed by atoms with van der Waals surface area (Å²) in [6, 6.07) is 13.6. The van der Waals surface area contributed by atoms with Gasteiger partial charge in [0.25, 0.3) is 0 Å². The molecule has 2 nitrogen and oxygen atoms in total. The number of carbonyl (C=O) groups excluding carboxylic acids is 1. The first kappa shape index (κ1) is 11.0. The van der Waals surface area contributed by atoms with E-state index in [9.17, 15) is 4.79 Å². The van der Waals surface area contributed by atoms with Gasteiger partial charge in [-0.3, -0.25) is 4.79 Å². The molecular weight excluding hydrogens is 244 g/mol. The average Bonchev–Trinajstić information content (AvgIpc) is 3.10. The molecule has 0 saturated carbocycles. The number of furan rings is 1. The van der Waals surface area contributed by atoms with Crippen molar-refractivity contribution < 1.29 is 9.21 Å². The normalized spacial score (nSPS) is 10.4. The summed E-state index contributed by atoms with van der Waals surface area (Å²) in [5, 5.41) is 4.15. The monoisotopic (exact) mass is 254 g/mol. The predicted molar refractivity (Wildman–Crippen MR) is 72.8 cm³/mol. The highest BCUT2D eigenvalue weighted by atomic mass is 32.1. The Morgan fingerprint density at radius 1 is 1.00 bits per heavy atom. The Kier molecular flexibility index (Phi) is 2.82. The second-order valence-electron chi connectivity index (χ2n) is 3.88. The zero-order chi connectivity index (χ0) is 12.4. The smallest absolute Gasteiger partial charge is 0.185 e. The Bertz CT molecular complexity index is 665. The lowest BCUT2D eigenvalue weighted by atomic mass is 10.0. The van der Waals surface area contributed by atoms with Crippen LogP contribution in [0.1, 0.15) is 10.6 Å². The summed E-state index contributed by atoms with van der Waals surface area (Å²) in [5.74, 6) is 1.07. The molecule has 3 aromatic rings. The van der Waals surface area contributed by atoms with E-state index in [2.05, 4.69) is 17.5 Å². The van der Waals surface area contributed by atoms with Gasteiger partial charge in [-0.15, -0.1) is 0 Å². The van der Waals surface area contributed by atoms with Gasteiger partial charge in [-0.1, -0.05) is 24.3 Å². The predicted octanol–water partition coefficient (Wildman–Crippen LogP) is 4.49. The Morgan fingerprint density at radius 3 is 2.50 bits per heavy atom. The molecule has 0 aliphatic rings. The molecule has 0 fully saturated rings. The number of carbonyl (C=O) groups is 1. The zero-order valence-electron chi connectivity index (χ0n) is 9.50. The van der Waals surface area contributed by atoms with Crippen molar-refractivity contribution in [2.45, 2.75) is 0 Å². The van der Waals surface area contributed by atoms with Crippen LogP contribution in [0.2, 0.25) is 0 Å². The van der Waals surface area contributed by atoms with Crippen molar-refractivity contribution in [2.75, 3.05) is 0 Å². The summed E-state index contributed by atoms with van der Waals surface area (Å²) in [7, 11) is 0. The van der Waals surface area contributed by atoms with Gasteiger partial charge in [0.2, 0.25) is 0 Å². The maximum atomic E-state index is 10.7. The van der Waals surface area contributed by atoms with Gasteiger partial charge in [0.1, 0.15) is 5.76 Å². The molecule has 0 atom stereocenters. The van der Waals surface area contributed by atoms with Gasteiger partial charge < -0.3 is 4.42 Å². The molecule has 0 amide bonds. The molecule has 0 spiro atoms. The van der Waals surface area contributed by atoms with Crippen molar-refractivity contribution in [3.63, 3.8) is 0 Å². The lowest BCUT2D eigenvalue weighted by molar-refractivity contribution is 0.110. The van der Waals surface area contributed by atoms with E-state index in [0.29, 0.717) is 5.76 Å². The minimum absolute atomic E-state index is 0.352. The maximum Gasteiger partial charge on any atom is 0.185 e. The van der Waals surface area contributed by atoms with Crippen molar-refractivity contribution >= 4 is 17.6 Å². The quantitative estimate of drug-likeness (QED) is 0.645. The lowest BCUT2D eigenvalue weighted by Crippen LogP contribution is -1.81. The van der Waals surface area contributed by atoms with Gasteiger partial charge in [0.15, 0.2) is 12.0 Å². The molecule has 0 saturated heterocycles. The first-order valence-corrected chi connectivity index (χ1v) is 6.50. The number of hydrogen-bond acceptors (Lipinski definition) is 3. The number of rotatable bonds is 3. The van der Waals surface area contributed by atoms with Crippen molar-refractivity contribution in [1.82, 2.24) is 0 Å². The first-order valence-electron chi connectivity index (χ1n) is 5.55. The van der Waals surface area contributed by atoms with Crippen LogP contribution in [0, 0.1) is 0 Å². The highest BCUT2D eigenvalue weighted by molar-refractivity contribution is 7.08. The fourth-order valence-electron chi connectivity index (χ4n) is 1.93. The Balaban J connectivity index is 2.15. The van der Waals surface area contributed by atoms with E-state index in [0.717, 1.165) is 23.2 Å². The van der Waals surface area contributed by atoms with Crippen LogP contribution in [0.5, 0.6) is 0 Å². The molecule has 88 valence electrons. The van der Waals surface area contributed by atoms with Gasteiger partial charge in [0.05, 0.1) is 0 Å². The van der Waals surface area contributed by atoms with Crippen LogP contribution in [0.3, 0.4) is 0 Å². The van der Waals surface area contributed by atoms with Crippen LogP contribution < -0.4 is 0 Å². The topological polar surface area (TPSA) is 30.2 Å². The van der Waals surface area contributed by atoms with Crippen LogP contribution in [0.25, 0.3) is 22.5 Å². The summed E-state index contributed by atoms with van der Waals surface area (Å²) in [5.41, 5.74) is 3.29. The largest absolute Gasteiger partial charge is 0.453 e. The SMILES string of the molecule is O=Cc1ccc(-c2ccccc2-c2ccsc2)o1. The molecule has 3 heteroatoms. The van der Waals surface area contributed by atoms with Crippen molar-refractivity contribution in [1.29, 1.82) is 0 Å². The molecule has 3 rings (SSSR count). The Morgan fingerprint density at radius 2 is 1.83 bits per heavy atom. The molecule has 18 heavy (non-hydrogen) atoms. The van der Waals surface area contributed by atoms with E-state index >= 15 is 0 Å². The highest BCUT2D eigenvalue weighted by Crippen LogP contribution is 2.33. The van der Waals surface area contributed by atoms with E-state index < -0.39 is 0 Å². The number of aldehydes is 1. The van der Waals surface area contributed by atoms with E-state index in [1.54, 1.807) is 17.4 Å². The van der Waals surface area contributed by atoms with Gasteiger partial charge in [-0.2, -0.15) is 11.3 Å². The van der Waals surface area contributed by atoms with E-state index in [1.165, 1.54) is 5.56 Å². The fraction of sp³-hybridized carbons (Fsp3) is 0. The second kappa shape index (κ2) is 4.63. The van der Waals surface area contributed by atoms with Gasteiger partial charge in [-0.05, 0) is 40.1 Å². The maximum absolute atomic E-state index is 10.7. The standard InChI is InChI=1S/C15H10O2S/c16-9-12-5-6-15(17-12)14-4-2-1-3-13(14)11-7-8-18-10-11/h1-10H. The first-order chi connectivity index (χ1) is 8.88. The van der Waals surface area contributed by atoms with Crippen molar-refractivity contribution in [3.05, 3.63) is 59.0 Å². The summed E-state index contributed by atoms with van der Waals surface area (Å²) >= 11 is 1.66. The van der Waals surface area contributed by atoms with Crippen LogP contribution >= 0.6 is 11.3 Å². The highest BCUT2D eigenvalue weighted by Gasteiger charge is 2.10. The van der Waals surface area contributed by atoms with Crippen LogP contribution in [0.4, 0.5) is 0 Å². The van der Waals surface area contributed by atoms with Gasteiger partial charge >= 0.3 is 0 Å². The van der Waals surface area contributed by atoms with Crippen LogP contribution in [-0.4, -0.2) is 6.29 Å². The van der Waals surface area contributed by atoms with E-state index in [-0.39, 0.29) is 0 Å². The Labute approximate surface area is 109 Å². The molecule has 0 aliphatic carbocycles. The Hall–Kier alpha value is -2.13. The summed E-state index contributed by atoms with van der Waals surface area (Å²) < 4.78 is 5.49. The molecule has 0 unspecified atom stereocenters. The van der Waals surface area contributed by atoms with Crippen molar-refractivity contribution in [3.8, 4) is 22.5 Å². The molecule has 0 radical (unpaired) electrons. The molecule has 0 aliphatic heterocycles. The number of benzene rings is 1. The average molecular weight is 254 g/mol. The third-order valence-electron chi connectivity index (χ3n) is 2.77. The van der Waals surface area contributed by atoms with Crippen molar-refractivity contribution in [2.24, 2.45) is 0 Å². The molecule has 1 aromatic carbocycles. The number of thiophene rings is 1. The molecule has 0 bridgehead atoms. The van der Waals surface area contributed by atoms with Crippen LogP contribution in [-0.2, 0) is 0 Å². The summed E-state index contributed by atoms with van der Waals surface area (Å²) in [6.45, 7) is 0. The molecule has 2 heterocycles. The zero-order valence-corrected chi connectivity index (χ0v) is 10.3. The van der Waals surface area contributed by atoms with Gasteiger partial charge in [0, 0.05) is 5.56 Å². The molecule has 2 aromatic heterocycles. The van der Waals surface area contributed by atoms with E-state index in [4.69, 9.17) is 4.42 Å². The lowest BCUT2D eigenvalue weighted by Gasteiger charge is -2.05.